The van der Waals surface area contributed by atoms with Gasteiger partial charge in [-0.25, -0.2) is 23.1 Å². The lowest BCUT2D eigenvalue weighted by molar-refractivity contribution is -0.115. The zero-order valence-corrected chi connectivity index (χ0v) is 20.4. The number of benzene rings is 2. The van der Waals surface area contributed by atoms with E-state index in [9.17, 15) is 13.2 Å². The van der Waals surface area contributed by atoms with Crippen LogP contribution in [0.1, 0.15) is 23.9 Å². The van der Waals surface area contributed by atoms with E-state index in [-0.39, 0.29) is 29.3 Å². The van der Waals surface area contributed by atoms with Crippen molar-refractivity contribution in [3.05, 3.63) is 77.7 Å². The van der Waals surface area contributed by atoms with E-state index in [1.165, 1.54) is 30.5 Å². The van der Waals surface area contributed by atoms with E-state index in [1.54, 1.807) is 19.1 Å². The fourth-order valence-electron chi connectivity index (χ4n) is 3.87. The number of anilines is 2. The summed E-state index contributed by atoms with van der Waals surface area (Å²) in [5, 5.41) is 6.75. The van der Waals surface area contributed by atoms with E-state index in [0.717, 1.165) is 23.3 Å². The third kappa shape index (κ3) is 5.20. The zero-order valence-electron chi connectivity index (χ0n) is 19.6. The summed E-state index contributed by atoms with van der Waals surface area (Å²) in [7, 11) is -3.87. The molecule has 1 amide bonds. The van der Waals surface area contributed by atoms with Crippen LogP contribution in [0, 0.1) is 6.92 Å². The van der Waals surface area contributed by atoms with E-state index < -0.39 is 10.0 Å². The molecule has 0 spiro atoms. The number of sulfonamides is 1. The van der Waals surface area contributed by atoms with Crippen molar-refractivity contribution in [1.29, 1.82) is 0 Å². The Bertz CT molecular complexity index is 1530. The van der Waals surface area contributed by atoms with Crippen LogP contribution in [0.4, 0.5) is 11.6 Å². The molecule has 1 atom stereocenters. The SMILES string of the molecule is Cc1ccnc(NS(=O)(=O)c2ccc(NC(=O)Cc3cc(-c4ccc5c(c4)CC(C)O5)on3)cc2)n1. The molecule has 1 aliphatic heterocycles. The minimum Gasteiger partial charge on any atom is -0.490 e. The standard InChI is InChI=1S/C25H23N5O5S/c1-15-9-10-26-25(27-15)30-36(32,33)21-6-4-19(5-7-21)28-24(31)14-20-13-23(35-29-20)17-3-8-22-18(12-17)11-16(2)34-22/h3-10,12-13,16H,11,14H2,1-2H3,(H,28,31)(H,26,27,30). The van der Waals surface area contributed by atoms with Gasteiger partial charge in [-0.1, -0.05) is 5.16 Å². The molecule has 2 aromatic heterocycles. The lowest BCUT2D eigenvalue weighted by atomic mass is 10.1. The number of nitrogens with zero attached hydrogens (tertiary/aromatic N) is 3. The molecule has 5 rings (SSSR count). The Morgan fingerprint density at radius 3 is 2.69 bits per heavy atom. The predicted octanol–water partition coefficient (Wildman–Crippen LogP) is 3.75. The second-order valence-electron chi connectivity index (χ2n) is 8.51. The zero-order chi connectivity index (χ0) is 25.3. The Labute approximate surface area is 207 Å². The first-order valence-electron chi connectivity index (χ1n) is 11.2. The maximum Gasteiger partial charge on any atom is 0.264 e. The van der Waals surface area contributed by atoms with Crippen molar-refractivity contribution in [3.8, 4) is 17.1 Å². The number of nitrogens with one attached hydrogen (secondary N) is 2. The molecule has 1 unspecified atom stereocenters. The summed E-state index contributed by atoms with van der Waals surface area (Å²) in [6.07, 6.45) is 2.46. The highest BCUT2D eigenvalue weighted by atomic mass is 32.2. The van der Waals surface area contributed by atoms with Gasteiger partial charge in [0.2, 0.25) is 11.9 Å². The van der Waals surface area contributed by atoms with Crippen molar-refractivity contribution in [1.82, 2.24) is 15.1 Å². The topological polar surface area (TPSA) is 136 Å². The average Bonchev–Trinajstić information content (AvgIpc) is 3.44. The molecule has 4 aromatic rings. The first kappa shape index (κ1) is 23.5. The minimum atomic E-state index is -3.87. The lowest BCUT2D eigenvalue weighted by Crippen LogP contribution is -2.16. The van der Waals surface area contributed by atoms with Crippen LogP contribution in [0.15, 0.2) is 70.2 Å². The summed E-state index contributed by atoms with van der Waals surface area (Å²) in [5.74, 6) is 1.12. The quantitative estimate of drug-likeness (QED) is 0.388. The molecule has 0 bridgehead atoms. The number of rotatable bonds is 7. The summed E-state index contributed by atoms with van der Waals surface area (Å²) in [6, 6.07) is 15.0. The van der Waals surface area contributed by atoms with Crippen LogP contribution in [0.2, 0.25) is 0 Å². The van der Waals surface area contributed by atoms with Gasteiger partial charge in [0.25, 0.3) is 10.0 Å². The van der Waals surface area contributed by atoms with Gasteiger partial charge in [0.15, 0.2) is 5.76 Å². The van der Waals surface area contributed by atoms with Crippen molar-refractivity contribution in [2.24, 2.45) is 0 Å². The molecule has 36 heavy (non-hydrogen) atoms. The second-order valence-corrected chi connectivity index (χ2v) is 10.2. The molecule has 0 fully saturated rings. The van der Waals surface area contributed by atoms with Crippen LogP contribution in [0.25, 0.3) is 11.3 Å². The Kier molecular flexibility index (Phi) is 6.15. The second kappa shape index (κ2) is 9.42. The Balaban J connectivity index is 1.20. The highest BCUT2D eigenvalue weighted by Gasteiger charge is 2.21. The maximum atomic E-state index is 12.6. The Morgan fingerprint density at radius 1 is 1.11 bits per heavy atom. The van der Waals surface area contributed by atoms with E-state index >= 15 is 0 Å². The van der Waals surface area contributed by atoms with Gasteiger partial charge in [0.05, 0.1) is 17.0 Å². The molecule has 0 aliphatic carbocycles. The van der Waals surface area contributed by atoms with Gasteiger partial charge in [-0.3, -0.25) is 4.79 Å². The molecule has 0 saturated carbocycles. The smallest absolute Gasteiger partial charge is 0.264 e. The van der Waals surface area contributed by atoms with Gasteiger partial charge in [-0.15, -0.1) is 0 Å². The summed E-state index contributed by atoms with van der Waals surface area (Å²) >= 11 is 0. The molecular formula is C25H23N5O5S. The summed E-state index contributed by atoms with van der Waals surface area (Å²) in [4.78, 5) is 20.5. The molecule has 10 nitrogen and oxygen atoms in total. The highest BCUT2D eigenvalue weighted by Crippen LogP contribution is 2.33. The number of carbonyl (C=O) groups is 1. The minimum absolute atomic E-state index is 0.000882. The van der Waals surface area contributed by atoms with E-state index in [0.29, 0.717) is 22.8 Å². The normalized spacial score (nSPS) is 14.7. The monoisotopic (exact) mass is 505 g/mol. The number of amides is 1. The van der Waals surface area contributed by atoms with Crippen LogP contribution in [0.5, 0.6) is 5.75 Å². The first-order chi connectivity index (χ1) is 17.2. The summed E-state index contributed by atoms with van der Waals surface area (Å²) in [6.45, 7) is 3.76. The number of fused-ring (bicyclic) bond motifs is 1. The van der Waals surface area contributed by atoms with E-state index in [2.05, 4.69) is 25.2 Å². The molecule has 0 radical (unpaired) electrons. The molecular weight excluding hydrogens is 482 g/mol. The first-order valence-corrected chi connectivity index (χ1v) is 12.7. The molecule has 1 aliphatic rings. The van der Waals surface area contributed by atoms with Gasteiger partial charge >= 0.3 is 0 Å². The predicted molar refractivity (Wildman–Crippen MR) is 132 cm³/mol. The van der Waals surface area contributed by atoms with Crippen molar-refractivity contribution < 1.29 is 22.5 Å². The third-order valence-electron chi connectivity index (χ3n) is 5.55. The van der Waals surface area contributed by atoms with Crippen LogP contribution in [0.3, 0.4) is 0 Å². The van der Waals surface area contributed by atoms with Gasteiger partial charge in [-0.2, -0.15) is 0 Å². The number of aromatic nitrogens is 3. The largest absolute Gasteiger partial charge is 0.490 e. The molecule has 2 N–H and O–H groups in total. The molecule has 184 valence electrons. The van der Waals surface area contributed by atoms with Crippen molar-refractivity contribution in [2.45, 2.75) is 37.7 Å². The van der Waals surface area contributed by atoms with Gasteiger partial charge in [0.1, 0.15) is 11.9 Å². The number of aryl methyl sites for hydroxylation is 1. The van der Waals surface area contributed by atoms with E-state index in [4.69, 9.17) is 9.26 Å². The molecule has 2 aromatic carbocycles. The number of carbonyl (C=O) groups excluding carboxylic acids is 1. The van der Waals surface area contributed by atoms with Crippen molar-refractivity contribution in [3.63, 3.8) is 0 Å². The van der Waals surface area contributed by atoms with Crippen LogP contribution >= 0.6 is 0 Å². The third-order valence-corrected chi connectivity index (χ3v) is 6.89. The van der Waals surface area contributed by atoms with Gasteiger partial charge in [-0.05, 0) is 67.9 Å². The molecule has 0 saturated heterocycles. The molecule has 11 heteroatoms. The van der Waals surface area contributed by atoms with Crippen LogP contribution in [-0.4, -0.2) is 35.6 Å². The fraction of sp³-hybridized carbons (Fsp3) is 0.200. The number of ether oxygens (including phenoxy) is 1. The summed E-state index contributed by atoms with van der Waals surface area (Å²) in [5.41, 5.74) is 3.54. The van der Waals surface area contributed by atoms with E-state index in [1.807, 2.05) is 25.1 Å². The van der Waals surface area contributed by atoms with Gasteiger partial charge < -0.3 is 14.6 Å². The Hall–Kier alpha value is -4.25. The highest BCUT2D eigenvalue weighted by molar-refractivity contribution is 7.92. The van der Waals surface area contributed by atoms with Crippen molar-refractivity contribution in [2.75, 3.05) is 10.0 Å². The number of hydrogen-bond donors (Lipinski definition) is 2. The Morgan fingerprint density at radius 2 is 1.92 bits per heavy atom. The summed E-state index contributed by atoms with van der Waals surface area (Å²) < 4.78 is 38.7. The maximum absolute atomic E-state index is 12.6. The fourth-order valence-corrected chi connectivity index (χ4v) is 4.82. The molecule has 3 heterocycles. The average molecular weight is 506 g/mol. The van der Waals surface area contributed by atoms with Gasteiger partial charge in [0, 0.05) is 35.6 Å². The van der Waals surface area contributed by atoms with Crippen LogP contribution in [-0.2, 0) is 27.7 Å². The lowest BCUT2D eigenvalue weighted by Gasteiger charge is -2.08. The number of hydrogen-bond acceptors (Lipinski definition) is 8. The van der Waals surface area contributed by atoms with Crippen molar-refractivity contribution >= 4 is 27.6 Å². The van der Waals surface area contributed by atoms with Crippen LogP contribution < -0.4 is 14.8 Å².